The topological polar surface area (TPSA) is 49.7 Å². The number of carboxylic acids is 1. The number of hydrogen-bond donors (Lipinski definition) is 1. The number of halogens is 3. The Morgan fingerprint density at radius 1 is 1.05 bits per heavy atom. The second kappa shape index (κ2) is 5.78. The maximum Gasteiger partial charge on any atom is 0.418 e. The highest BCUT2D eigenvalue weighted by Gasteiger charge is 2.32. The van der Waals surface area contributed by atoms with E-state index in [0.29, 0.717) is 0 Å². The molecule has 3 nitrogen and oxygen atoms in total. The summed E-state index contributed by atoms with van der Waals surface area (Å²) in [5.74, 6) is -1.17. The minimum absolute atomic E-state index is 0.0225. The first-order valence-electron chi connectivity index (χ1n) is 5.92. The summed E-state index contributed by atoms with van der Waals surface area (Å²) < 4.78 is 38.4. The first-order valence-corrected chi connectivity index (χ1v) is 5.92. The normalized spacial score (nSPS) is 11.8. The highest BCUT2D eigenvalue weighted by atomic mass is 19.4. The lowest BCUT2D eigenvalue weighted by Crippen LogP contribution is -2.05. The van der Waals surface area contributed by atoms with Crippen LogP contribution in [-0.4, -0.2) is 17.3 Å². The number of alkyl halides is 3. The molecule has 0 amide bonds. The van der Waals surface area contributed by atoms with E-state index in [2.05, 4.69) is 4.99 Å². The highest BCUT2D eigenvalue weighted by molar-refractivity contribution is 5.99. The van der Waals surface area contributed by atoms with Crippen LogP contribution < -0.4 is 0 Å². The smallest absolute Gasteiger partial charge is 0.418 e. The average Bonchev–Trinajstić information content (AvgIpc) is 2.44. The van der Waals surface area contributed by atoms with E-state index in [1.165, 1.54) is 36.4 Å². The summed E-state index contributed by atoms with van der Waals surface area (Å²) in [6.07, 6.45) is -3.39. The number of hydrogen-bond acceptors (Lipinski definition) is 2. The Labute approximate surface area is 118 Å². The van der Waals surface area contributed by atoms with Gasteiger partial charge in [-0.15, -0.1) is 0 Å². The van der Waals surface area contributed by atoms with Gasteiger partial charge in [-0.1, -0.05) is 30.3 Å². The molecular formula is C15H10F3NO2. The number of carboxylic acid groups (broad SMARTS) is 1. The fraction of sp³-hybridized carbons (Fsp3) is 0.0667. The van der Waals surface area contributed by atoms with E-state index in [0.717, 1.165) is 12.3 Å². The van der Waals surface area contributed by atoms with Crippen LogP contribution in [0, 0.1) is 0 Å². The molecular weight excluding hydrogens is 283 g/mol. The number of aromatic carboxylic acids is 1. The average molecular weight is 293 g/mol. The van der Waals surface area contributed by atoms with Crippen molar-refractivity contribution in [3.63, 3.8) is 0 Å². The second-order valence-corrected chi connectivity index (χ2v) is 4.17. The standard InChI is InChI=1S/C15H10F3NO2/c16-15(17,18)12-7-3-4-8-13(12)19-9-10-5-1-2-6-11(10)14(20)21/h1-9H,(H,20,21). The van der Waals surface area contributed by atoms with Gasteiger partial charge < -0.3 is 5.11 Å². The quantitative estimate of drug-likeness (QED) is 0.864. The number of para-hydroxylation sites is 1. The Kier molecular flexibility index (Phi) is 4.07. The SMILES string of the molecule is O=C(O)c1ccccc1C=Nc1ccccc1C(F)(F)F. The van der Waals surface area contributed by atoms with Crippen LogP contribution in [0.4, 0.5) is 18.9 Å². The minimum Gasteiger partial charge on any atom is -0.478 e. The van der Waals surface area contributed by atoms with Crippen molar-refractivity contribution in [2.75, 3.05) is 0 Å². The molecule has 0 heterocycles. The highest BCUT2D eigenvalue weighted by Crippen LogP contribution is 2.35. The van der Waals surface area contributed by atoms with Crippen molar-refractivity contribution in [1.29, 1.82) is 0 Å². The van der Waals surface area contributed by atoms with Crippen LogP contribution in [-0.2, 0) is 6.18 Å². The number of benzene rings is 2. The zero-order valence-corrected chi connectivity index (χ0v) is 10.6. The van der Waals surface area contributed by atoms with Crippen LogP contribution in [0.15, 0.2) is 53.5 Å². The van der Waals surface area contributed by atoms with Crippen molar-refractivity contribution in [3.05, 3.63) is 65.2 Å². The first-order chi connectivity index (χ1) is 9.89. The Morgan fingerprint density at radius 3 is 2.33 bits per heavy atom. The maximum atomic E-state index is 12.8. The molecule has 108 valence electrons. The fourth-order valence-electron chi connectivity index (χ4n) is 1.77. The molecule has 0 radical (unpaired) electrons. The van der Waals surface area contributed by atoms with Gasteiger partial charge in [-0.05, 0) is 18.2 Å². The van der Waals surface area contributed by atoms with Gasteiger partial charge in [0.05, 0.1) is 16.8 Å². The molecule has 0 aliphatic heterocycles. The van der Waals surface area contributed by atoms with Gasteiger partial charge in [-0.2, -0.15) is 13.2 Å². The van der Waals surface area contributed by atoms with E-state index >= 15 is 0 Å². The number of carbonyl (C=O) groups is 1. The minimum atomic E-state index is -4.51. The van der Waals surface area contributed by atoms with Crippen molar-refractivity contribution in [2.24, 2.45) is 4.99 Å². The van der Waals surface area contributed by atoms with E-state index in [-0.39, 0.29) is 16.8 Å². The summed E-state index contributed by atoms with van der Waals surface area (Å²) in [6.45, 7) is 0. The van der Waals surface area contributed by atoms with E-state index in [4.69, 9.17) is 5.11 Å². The Hall–Kier alpha value is -2.63. The van der Waals surface area contributed by atoms with Gasteiger partial charge in [0.15, 0.2) is 0 Å². The molecule has 1 N–H and O–H groups in total. The van der Waals surface area contributed by atoms with Gasteiger partial charge in [0.25, 0.3) is 0 Å². The molecule has 0 saturated heterocycles. The van der Waals surface area contributed by atoms with Gasteiger partial charge >= 0.3 is 12.1 Å². The van der Waals surface area contributed by atoms with Gasteiger partial charge in [0.2, 0.25) is 0 Å². The predicted octanol–water partition coefficient (Wildman–Crippen LogP) is 4.15. The van der Waals surface area contributed by atoms with Crippen LogP contribution in [0.2, 0.25) is 0 Å². The number of rotatable bonds is 3. The molecule has 0 aromatic heterocycles. The van der Waals surface area contributed by atoms with Crippen molar-refractivity contribution in [1.82, 2.24) is 0 Å². The van der Waals surface area contributed by atoms with Crippen molar-refractivity contribution in [3.8, 4) is 0 Å². The molecule has 0 unspecified atom stereocenters. The molecule has 2 aromatic rings. The third-order valence-corrected chi connectivity index (χ3v) is 2.74. The van der Waals surface area contributed by atoms with Gasteiger partial charge in [0.1, 0.15) is 0 Å². The molecule has 2 rings (SSSR count). The predicted molar refractivity (Wildman–Crippen MR) is 72.1 cm³/mol. The molecule has 0 saturated carbocycles. The summed E-state index contributed by atoms with van der Waals surface area (Å²) in [6, 6.07) is 10.8. The Bertz CT molecular complexity index is 693. The van der Waals surface area contributed by atoms with Crippen LogP contribution in [0.1, 0.15) is 21.5 Å². The van der Waals surface area contributed by atoms with Crippen LogP contribution >= 0.6 is 0 Å². The van der Waals surface area contributed by atoms with E-state index < -0.39 is 17.7 Å². The molecule has 0 bridgehead atoms. The van der Waals surface area contributed by atoms with Gasteiger partial charge in [0, 0.05) is 11.8 Å². The third-order valence-electron chi connectivity index (χ3n) is 2.74. The molecule has 6 heteroatoms. The summed E-state index contributed by atoms with van der Waals surface area (Å²) >= 11 is 0. The lowest BCUT2D eigenvalue weighted by Gasteiger charge is -2.09. The lowest BCUT2D eigenvalue weighted by atomic mass is 10.1. The van der Waals surface area contributed by atoms with Crippen molar-refractivity contribution < 1.29 is 23.1 Å². The molecule has 2 aromatic carbocycles. The zero-order chi connectivity index (χ0) is 15.5. The number of aliphatic imine (C=N–C) groups is 1. The molecule has 21 heavy (non-hydrogen) atoms. The molecule has 0 aliphatic carbocycles. The van der Waals surface area contributed by atoms with Crippen LogP contribution in [0.5, 0.6) is 0 Å². The van der Waals surface area contributed by atoms with Crippen molar-refractivity contribution in [2.45, 2.75) is 6.18 Å². The Balaban J connectivity index is 2.42. The largest absolute Gasteiger partial charge is 0.478 e. The van der Waals surface area contributed by atoms with Gasteiger partial charge in [-0.3, -0.25) is 4.99 Å². The van der Waals surface area contributed by atoms with E-state index in [1.807, 2.05) is 0 Å². The molecule has 0 aliphatic rings. The van der Waals surface area contributed by atoms with Gasteiger partial charge in [-0.25, -0.2) is 4.79 Å². The summed E-state index contributed by atoms with van der Waals surface area (Å²) in [7, 11) is 0. The summed E-state index contributed by atoms with van der Waals surface area (Å²) in [4.78, 5) is 14.8. The van der Waals surface area contributed by atoms with E-state index in [9.17, 15) is 18.0 Å². The molecule has 0 spiro atoms. The van der Waals surface area contributed by atoms with Crippen molar-refractivity contribution >= 4 is 17.9 Å². The lowest BCUT2D eigenvalue weighted by molar-refractivity contribution is -0.137. The summed E-state index contributed by atoms with van der Waals surface area (Å²) in [5, 5.41) is 9.01. The summed E-state index contributed by atoms with van der Waals surface area (Å²) in [5.41, 5.74) is -0.910. The first kappa shape index (κ1) is 14.8. The maximum absolute atomic E-state index is 12.8. The van der Waals surface area contributed by atoms with E-state index in [1.54, 1.807) is 6.07 Å². The molecule has 0 atom stereocenters. The van der Waals surface area contributed by atoms with Crippen LogP contribution in [0.3, 0.4) is 0 Å². The fourth-order valence-corrected chi connectivity index (χ4v) is 1.77. The van der Waals surface area contributed by atoms with Crippen LogP contribution in [0.25, 0.3) is 0 Å². The number of nitrogens with zero attached hydrogens (tertiary/aromatic N) is 1. The third kappa shape index (κ3) is 3.47. The monoisotopic (exact) mass is 293 g/mol. The second-order valence-electron chi connectivity index (χ2n) is 4.17. The zero-order valence-electron chi connectivity index (χ0n) is 10.6. The Morgan fingerprint density at radius 2 is 1.67 bits per heavy atom. The molecule has 0 fully saturated rings.